The summed E-state index contributed by atoms with van der Waals surface area (Å²) in [4.78, 5) is 14.6. The van der Waals surface area contributed by atoms with Crippen LogP contribution in [0.2, 0.25) is 0 Å². The second-order valence-electron chi connectivity index (χ2n) is 4.74. The summed E-state index contributed by atoms with van der Waals surface area (Å²) in [6.45, 7) is -1.60. The molecule has 6 nitrogen and oxygen atoms in total. The normalized spacial score (nSPS) is 13.1. The number of nitrogens with one attached hydrogen (secondary N) is 1. The molecule has 0 saturated heterocycles. The Balaban J connectivity index is 2.21. The monoisotopic (exact) mass is 365 g/mol. The standard InChI is InChI=1S/C14H12F5N3O3/c1-2-9(23)20-11(24-13(15)16)8-5-3-7(4-6-8)10-21-12(25-22-10)14(17,18)19/h3-6,11,13H,2H2,1H3,(H,20,23). The zero-order valence-corrected chi connectivity index (χ0v) is 12.7. The van der Waals surface area contributed by atoms with Crippen LogP contribution >= 0.6 is 0 Å². The summed E-state index contributed by atoms with van der Waals surface area (Å²) in [7, 11) is 0. The smallest absolute Gasteiger partial charge is 0.329 e. The van der Waals surface area contributed by atoms with E-state index in [9.17, 15) is 26.7 Å². The van der Waals surface area contributed by atoms with Crippen LogP contribution in [-0.2, 0) is 15.7 Å². The SMILES string of the molecule is CCC(=O)NC(OC(F)F)c1ccc(-c2noc(C(F)(F)F)n2)cc1. The van der Waals surface area contributed by atoms with E-state index in [1.165, 1.54) is 31.2 Å². The van der Waals surface area contributed by atoms with Crippen LogP contribution < -0.4 is 5.32 Å². The van der Waals surface area contributed by atoms with Gasteiger partial charge in [0.2, 0.25) is 11.7 Å². The maximum atomic E-state index is 12.5. The average molecular weight is 365 g/mol. The molecule has 1 aromatic heterocycles. The van der Waals surface area contributed by atoms with Gasteiger partial charge in [-0.05, 0) is 0 Å². The van der Waals surface area contributed by atoms with Gasteiger partial charge in [0.1, 0.15) is 0 Å². The Hall–Kier alpha value is -2.56. The van der Waals surface area contributed by atoms with Crippen molar-refractivity contribution in [1.82, 2.24) is 15.5 Å². The third kappa shape index (κ3) is 4.95. The number of benzene rings is 1. The highest BCUT2D eigenvalue weighted by molar-refractivity contribution is 5.75. The number of halogens is 5. The van der Waals surface area contributed by atoms with Crippen molar-refractivity contribution in [3.8, 4) is 11.4 Å². The zero-order chi connectivity index (χ0) is 18.6. The number of hydrogen-bond donors (Lipinski definition) is 1. The first-order valence-corrected chi connectivity index (χ1v) is 6.95. The van der Waals surface area contributed by atoms with Crippen molar-refractivity contribution in [2.75, 3.05) is 0 Å². The first-order chi connectivity index (χ1) is 11.7. The van der Waals surface area contributed by atoms with Gasteiger partial charge in [0.15, 0.2) is 6.23 Å². The Kier molecular flexibility index (Phi) is 5.67. The molecule has 11 heteroatoms. The van der Waals surface area contributed by atoms with Gasteiger partial charge in [0.25, 0.3) is 0 Å². The van der Waals surface area contributed by atoms with Crippen LogP contribution in [0.4, 0.5) is 22.0 Å². The van der Waals surface area contributed by atoms with E-state index in [1.807, 2.05) is 0 Å². The fourth-order valence-corrected chi connectivity index (χ4v) is 1.81. The summed E-state index contributed by atoms with van der Waals surface area (Å²) in [5, 5.41) is 5.47. The number of alkyl halides is 5. The number of ether oxygens (including phenoxy) is 1. The van der Waals surface area contributed by atoms with Crippen LogP contribution in [0.25, 0.3) is 11.4 Å². The van der Waals surface area contributed by atoms with Crippen molar-refractivity contribution in [2.45, 2.75) is 32.4 Å². The van der Waals surface area contributed by atoms with Gasteiger partial charge in [-0.2, -0.15) is 26.9 Å². The van der Waals surface area contributed by atoms with Gasteiger partial charge in [0, 0.05) is 17.5 Å². The largest absolute Gasteiger partial charge is 0.471 e. The molecular formula is C14H12F5N3O3. The van der Waals surface area contributed by atoms with Crippen molar-refractivity contribution < 1.29 is 36.0 Å². The fourth-order valence-electron chi connectivity index (χ4n) is 1.81. The first kappa shape index (κ1) is 18.8. The van der Waals surface area contributed by atoms with Gasteiger partial charge in [-0.3, -0.25) is 9.53 Å². The molecule has 25 heavy (non-hydrogen) atoms. The Morgan fingerprint density at radius 3 is 2.40 bits per heavy atom. The van der Waals surface area contributed by atoms with E-state index in [1.54, 1.807) is 0 Å². The molecule has 0 radical (unpaired) electrons. The van der Waals surface area contributed by atoms with Crippen LogP contribution in [0, 0.1) is 0 Å². The summed E-state index contributed by atoms with van der Waals surface area (Å²) < 4.78 is 70.7. The van der Waals surface area contributed by atoms with Gasteiger partial charge in [-0.15, -0.1) is 0 Å². The van der Waals surface area contributed by atoms with Gasteiger partial charge in [0.05, 0.1) is 0 Å². The number of hydrogen-bond acceptors (Lipinski definition) is 5. The zero-order valence-electron chi connectivity index (χ0n) is 12.7. The van der Waals surface area contributed by atoms with Gasteiger partial charge in [-0.25, -0.2) is 0 Å². The molecule has 136 valence electrons. The molecule has 1 unspecified atom stereocenters. The maximum absolute atomic E-state index is 12.5. The van der Waals surface area contributed by atoms with Crippen LogP contribution in [0.15, 0.2) is 28.8 Å². The van der Waals surface area contributed by atoms with E-state index in [2.05, 4.69) is 24.7 Å². The lowest BCUT2D eigenvalue weighted by Gasteiger charge is -2.19. The van der Waals surface area contributed by atoms with Gasteiger partial charge < -0.3 is 9.84 Å². The molecule has 0 spiro atoms. The molecule has 0 fully saturated rings. The van der Waals surface area contributed by atoms with E-state index in [-0.39, 0.29) is 23.4 Å². The summed E-state index contributed by atoms with van der Waals surface area (Å²) in [6.07, 6.45) is -6.12. The Bertz CT molecular complexity index is 715. The lowest BCUT2D eigenvalue weighted by atomic mass is 10.1. The van der Waals surface area contributed by atoms with Crippen molar-refractivity contribution in [1.29, 1.82) is 0 Å². The Morgan fingerprint density at radius 2 is 1.92 bits per heavy atom. The molecule has 1 amide bonds. The lowest BCUT2D eigenvalue weighted by Crippen LogP contribution is -2.30. The predicted octanol–water partition coefficient (Wildman–Crippen LogP) is 3.52. The fraction of sp³-hybridized carbons (Fsp3) is 0.357. The third-order valence-electron chi connectivity index (χ3n) is 2.99. The highest BCUT2D eigenvalue weighted by Crippen LogP contribution is 2.29. The summed E-state index contributed by atoms with van der Waals surface area (Å²) in [5.41, 5.74) is 0.339. The van der Waals surface area contributed by atoms with Gasteiger partial charge >= 0.3 is 18.7 Å². The molecule has 0 bridgehead atoms. The molecule has 1 aromatic carbocycles. The second-order valence-corrected chi connectivity index (χ2v) is 4.74. The molecule has 0 saturated carbocycles. The minimum absolute atomic E-state index is 0.0598. The highest BCUT2D eigenvalue weighted by atomic mass is 19.4. The second kappa shape index (κ2) is 7.55. The minimum Gasteiger partial charge on any atom is -0.329 e. The van der Waals surface area contributed by atoms with Crippen molar-refractivity contribution >= 4 is 5.91 Å². The molecular weight excluding hydrogens is 353 g/mol. The van der Waals surface area contributed by atoms with Crippen LogP contribution in [0.1, 0.15) is 31.0 Å². The number of amides is 1. The van der Waals surface area contributed by atoms with E-state index in [0.717, 1.165) is 0 Å². The molecule has 2 rings (SSSR count). The van der Waals surface area contributed by atoms with Crippen molar-refractivity contribution in [2.24, 2.45) is 0 Å². The molecule has 0 aliphatic rings. The number of carbonyl (C=O) groups excluding carboxylic acids is 1. The molecule has 1 N–H and O–H groups in total. The Labute approximate surface area is 138 Å². The minimum atomic E-state index is -4.77. The van der Waals surface area contributed by atoms with Gasteiger partial charge in [-0.1, -0.05) is 36.3 Å². The number of aromatic nitrogens is 2. The first-order valence-electron chi connectivity index (χ1n) is 6.95. The maximum Gasteiger partial charge on any atom is 0.471 e. The van der Waals surface area contributed by atoms with Crippen LogP contribution in [0.3, 0.4) is 0 Å². The lowest BCUT2D eigenvalue weighted by molar-refractivity contribution is -0.176. The highest BCUT2D eigenvalue weighted by Gasteiger charge is 2.38. The van der Waals surface area contributed by atoms with Crippen LogP contribution in [-0.4, -0.2) is 22.7 Å². The molecule has 0 aliphatic carbocycles. The van der Waals surface area contributed by atoms with E-state index in [4.69, 9.17) is 0 Å². The van der Waals surface area contributed by atoms with E-state index >= 15 is 0 Å². The molecule has 2 aromatic rings. The molecule has 0 aliphatic heterocycles. The molecule has 1 atom stereocenters. The van der Waals surface area contributed by atoms with Crippen molar-refractivity contribution in [3.05, 3.63) is 35.7 Å². The molecule has 1 heterocycles. The summed E-state index contributed by atoms with van der Waals surface area (Å²) >= 11 is 0. The number of nitrogens with zero attached hydrogens (tertiary/aromatic N) is 2. The van der Waals surface area contributed by atoms with Crippen LogP contribution in [0.5, 0.6) is 0 Å². The number of carbonyl (C=O) groups is 1. The average Bonchev–Trinajstić information content (AvgIpc) is 3.04. The quantitative estimate of drug-likeness (QED) is 0.626. The Morgan fingerprint density at radius 1 is 1.28 bits per heavy atom. The van der Waals surface area contributed by atoms with Crippen molar-refractivity contribution in [3.63, 3.8) is 0 Å². The third-order valence-corrected chi connectivity index (χ3v) is 2.99. The topological polar surface area (TPSA) is 77.2 Å². The predicted molar refractivity (Wildman–Crippen MR) is 73.0 cm³/mol. The number of rotatable bonds is 6. The van der Waals surface area contributed by atoms with E-state index in [0.29, 0.717) is 0 Å². The summed E-state index contributed by atoms with van der Waals surface area (Å²) in [6, 6.07) is 5.17. The van der Waals surface area contributed by atoms with E-state index < -0.39 is 30.8 Å². The summed E-state index contributed by atoms with van der Waals surface area (Å²) in [5.74, 6) is -2.33.